The number of hydrogen-bond acceptors (Lipinski definition) is 4. The molecule has 6 nitrogen and oxygen atoms in total. The van der Waals surface area contributed by atoms with Crippen molar-refractivity contribution in [2.45, 2.75) is 6.92 Å². The van der Waals surface area contributed by atoms with Crippen molar-refractivity contribution in [1.29, 1.82) is 0 Å². The Kier molecular flexibility index (Phi) is 4.58. The van der Waals surface area contributed by atoms with Crippen LogP contribution in [0.1, 0.15) is 16.2 Å². The molecule has 138 valence electrons. The summed E-state index contributed by atoms with van der Waals surface area (Å²) in [5.41, 5.74) is 2.59. The van der Waals surface area contributed by atoms with Crippen molar-refractivity contribution in [3.05, 3.63) is 72.1 Å². The minimum Gasteiger partial charge on any atom is -0.366 e. The van der Waals surface area contributed by atoms with Crippen LogP contribution >= 0.6 is 0 Å². The highest BCUT2D eigenvalue weighted by Gasteiger charge is 2.25. The third kappa shape index (κ3) is 3.53. The van der Waals surface area contributed by atoms with E-state index in [2.05, 4.69) is 10.1 Å². The molecule has 0 atom stereocenters. The lowest BCUT2D eigenvalue weighted by Gasteiger charge is -2.35. The van der Waals surface area contributed by atoms with Crippen molar-refractivity contribution in [2.75, 3.05) is 31.1 Å². The molecule has 2 aromatic carbocycles. The van der Waals surface area contributed by atoms with E-state index < -0.39 is 0 Å². The zero-order valence-corrected chi connectivity index (χ0v) is 15.0. The number of benzene rings is 2. The molecule has 0 aliphatic carbocycles. The largest absolute Gasteiger partial charge is 0.366 e. The van der Waals surface area contributed by atoms with Gasteiger partial charge < -0.3 is 9.80 Å². The lowest BCUT2D eigenvalue weighted by molar-refractivity contribution is 0.0734. The molecule has 1 aliphatic heterocycles. The number of carbonyl (C=O) groups is 1. The molecule has 0 N–H and O–H groups in total. The van der Waals surface area contributed by atoms with E-state index >= 15 is 0 Å². The van der Waals surface area contributed by atoms with Gasteiger partial charge in [0.05, 0.1) is 11.4 Å². The van der Waals surface area contributed by atoms with Crippen molar-refractivity contribution in [3.63, 3.8) is 0 Å². The van der Waals surface area contributed by atoms with Crippen molar-refractivity contribution < 1.29 is 9.18 Å². The predicted molar refractivity (Wildman–Crippen MR) is 101 cm³/mol. The number of aromatic nitrogens is 3. The summed E-state index contributed by atoms with van der Waals surface area (Å²) in [6.07, 6.45) is 1.55. The molecule has 27 heavy (non-hydrogen) atoms. The Hall–Kier alpha value is -3.22. The third-order valence-corrected chi connectivity index (χ3v) is 4.74. The molecular weight excluding hydrogens is 345 g/mol. The average molecular weight is 365 g/mol. The number of piperazine rings is 1. The van der Waals surface area contributed by atoms with Crippen LogP contribution in [0.25, 0.3) is 5.69 Å². The molecule has 1 amide bonds. The van der Waals surface area contributed by atoms with Crippen LogP contribution in [-0.4, -0.2) is 51.8 Å². The maximum Gasteiger partial charge on any atom is 0.293 e. The molecule has 1 aliphatic rings. The normalized spacial score (nSPS) is 14.4. The molecule has 1 aromatic heterocycles. The molecule has 0 radical (unpaired) electrons. The molecule has 2 heterocycles. The van der Waals surface area contributed by atoms with Gasteiger partial charge in [-0.3, -0.25) is 4.79 Å². The summed E-state index contributed by atoms with van der Waals surface area (Å²) in [7, 11) is 0. The van der Waals surface area contributed by atoms with Gasteiger partial charge in [0.2, 0.25) is 5.82 Å². The van der Waals surface area contributed by atoms with Gasteiger partial charge in [-0.15, -0.1) is 5.10 Å². The van der Waals surface area contributed by atoms with Crippen LogP contribution in [0.5, 0.6) is 0 Å². The Morgan fingerprint density at radius 3 is 2.41 bits per heavy atom. The summed E-state index contributed by atoms with van der Waals surface area (Å²) in [5.74, 6) is -0.264. The Balaban J connectivity index is 1.43. The minimum absolute atomic E-state index is 0.176. The number of nitrogens with zero attached hydrogens (tertiary/aromatic N) is 5. The fourth-order valence-electron chi connectivity index (χ4n) is 3.18. The molecule has 0 saturated carbocycles. The van der Waals surface area contributed by atoms with E-state index in [1.807, 2.05) is 42.2 Å². The highest BCUT2D eigenvalue weighted by molar-refractivity contribution is 5.90. The number of carbonyl (C=O) groups excluding carboxylic acids is 1. The van der Waals surface area contributed by atoms with Crippen LogP contribution in [0, 0.1) is 12.7 Å². The Morgan fingerprint density at radius 2 is 1.70 bits per heavy atom. The number of aryl methyl sites for hydroxylation is 1. The highest BCUT2D eigenvalue weighted by atomic mass is 19.1. The van der Waals surface area contributed by atoms with Crippen molar-refractivity contribution in [2.24, 2.45) is 0 Å². The monoisotopic (exact) mass is 365 g/mol. The number of hydrogen-bond donors (Lipinski definition) is 0. The zero-order valence-electron chi connectivity index (χ0n) is 15.0. The lowest BCUT2D eigenvalue weighted by atomic mass is 10.2. The van der Waals surface area contributed by atoms with E-state index in [0.29, 0.717) is 31.9 Å². The van der Waals surface area contributed by atoms with Gasteiger partial charge in [-0.1, -0.05) is 29.8 Å². The summed E-state index contributed by atoms with van der Waals surface area (Å²) in [5, 5.41) is 4.32. The molecule has 0 bridgehead atoms. The SMILES string of the molecule is Cc1ccc(-n2cnc(C(=O)N3CCN(c4ccccc4F)CC3)n2)cc1. The van der Waals surface area contributed by atoms with Crippen LogP contribution in [0.15, 0.2) is 54.9 Å². The second-order valence-corrected chi connectivity index (χ2v) is 6.58. The Labute approximate surface area is 156 Å². The number of para-hydroxylation sites is 1. The van der Waals surface area contributed by atoms with Gasteiger partial charge in [-0.2, -0.15) is 0 Å². The van der Waals surface area contributed by atoms with Gasteiger partial charge in [-0.25, -0.2) is 14.1 Å². The van der Waals surface area contributed by atoms with Gasteiger partial charge in [0.1, 0.15) is 12.1 Å². The molecule has 3 aromatic rings. The van der Waals surface area contributed by atoms with Gasteiger partial charge >= 0.3 is 0 Å². The Morgan fingerprint density at radius 1 is 1.00 bits per heavy atom. The van der Waals surface area contributed by atoms with Crippen molar-refractivity contribution >= 4 is 11.6 Å². The predicted octanol–water partition coefficient (Wildman–Crippen LogP) is 2.68. The summed E-state index contributed by atoms with van der Waals surface area (Å²) in [6, 6.07) is 14.6. The molecule has 1 saturated heterocycles. The van der Waals surface area contributed by atoms with E-state index in [4.69, 9.17) is 0 Å². The van der Waals surface area contributed by atoms with Gasteiger partial charge in [0.15, 0.2) is 0 Å². The third-order valence-electron chi connectivity index (χ3n) is 4.74. The molecule has 7 heteroatoms. The molecular formula is C20H20FN5O. The smallest absolute Gasteiger partial charge is 0.293 e. The first-order valence-corrected chi connectivity index (χ1v) is 8.89. The maximum atomic E-state index is 13.9. The summed E-state index contributed by atoms with van der Waals surface area (Å²) < 4.78 is 15.5. The van der Waals surface area contributed by atoms with E-state index in [0.717, 1.165) is 11.3 Å². The average Bonchev–Trinajstić information content (AvgIpc) is 3.19. The quantitative estimate of drug-likeness (QED) is 0.716. The first kappa shape index (κ1) is 17.2. The van der Waals surface area contributed by atoms with Crippen LogP contribution in [0.4, 0.5) is 10.1 Å². The van der Waals surface area contributed by atoms with Crippen LogP contribution in [-0.2, 0) is 0 Å². The lowest BCUT2D eigenvalue weighted by Crippen LogP contribution is -2.49. The fraction of sp³-hybridized carbons (Fsp3) is 0.250. The maximum absolute atomic E-state index is 13.9. The van der Waals surface area contributed by atoms with Crippen molar-refractivity contribution in [1.82, 2.24) is 19.7 Å². The van der Waals surface area contributed by atoms with E-state index in [-0.39, 0.29) is 17.5 Å². The molecule has 1 fully saturated rings. The summed E-state index contributed by atoms with van der Waals surface area (Å²) >= 11 is 0. The van der Waals surface area contributed by atoms with Crippen LogP contribution in [0.2, 0.25) is 0 Å². The van der Waals surface area contributed by atoms with Crippen molar-refractivity contribution in [3.8, 4) is 5.69 Å². The molecule has 0 unspecified atom stereocenters. The first-order valence-electron chi connectivity index (χ1n) is 8.89. The summed E-state index contributed by atoms with van der Waals surface area (Å²) in [4.78, 5) is 20.5. The number of anilines is 1. The highest BCUT2D eigenvalue weighted by Crippen LogP contribution is 2.20. The molecule has 4 rings (SSSR count). The standard InChI is InChI=1S/C20H20FN5O/c1-15-6-8-16(9-7-15)26-14-22-19(23-26)20(27)25-12-10-24(11-13-25)18-5-3-2-4-17(18)21/h2-9,14H,10-13H2,1H3. The first-order chi connectivity index (χ1) is 13.1. The van der Waals surface area contributed by atoms with E-state index in [1.165, 1.54) is 6.07 Å². The van der Waals surface area contributed by atoms with Gasteiger partial charge in [-0.05, 0) is 31.2 Å². The Bertz CT molecular complexity index is 945. The van der Waals surface area contributed by atoms with Crippen LogP contribution in [0.3, 0.4) is 0 Å². The van der Waals surface area contributed by atoms with Gasteiger partial charge in [0, 0.05) is 26.2 Å². The number of amides is 1. The number of halogens is 1. The second kappa shape index (κ2) is 7.19. The molecule has 0 spiro atoms. The van der Waals surface area contributed by atoms with E-state index in [9.17, 15) is 9.18 Å². The summed E-state index contributed by atoms with van der Waals surface area (Å²) in [6.45, 7) is 4.18. The zero-order chi connectivity index (χ0) is 18.8. The minimum atomic E-state index is -0.240. The topological polar surface area (TPSA) is 54.3 Å². The van der Waals surface area contributed by atoms with Crippen LogP contribution < -0.4 is 4.90 Å². The van der Waals surface area contributed by atoms with Gasteiger partial charge in [0.25, 0.3) is 5.91 Å². The fourth-order valence-corrected chi connectivity index (χ4v) is 3.18. The number of rotatable bonds is 3. The second-order valence-electron chi connectivity index (χ2n) is 6.58. The van der Waals surface area contributed by atoms with E-state index in [1.54, 1.807) is 28.0 Å².